The minimum absolute atomic E-state index is 0.0808. The fourth-order valence-electron chi connectivity index (χ4n) is 2.98. The largest absolute Gasteiger partial charge is 0.490 e. The minimum atomic E-state index is -3.80. The topological polar surface area (TPSA) is 93.7 Å². The molecule has 1 aliphatic rings. The zero-order valence-electron chi connectivity index (χ0n) is 16.6. The Morgan fingerprint density at radius 1 is 1.00 bits per heavy atom. The Balaban J connectivity index is 1.72. The van der Waals surface area contributed by atoms with Gasteiger partial charge in [-0.05, 0) is 49.2 Å². The van der Waals surface area contributed by atoms with Crippen LogP contribution in [0.2, 0.25) is 0 Å². The maximum absolute atomic E-state index is 12.7. The first-order valence-electron chi connectivity index (χ1n) is 9.76. The Bertz CT molecular complexity index is 954. The Kier molecular flexibility index (Phi) is 6.64. The number of nitrogens with one attached hydrogen (secondary N) is 2. The summed E-state index contributed by atoms with van der Waals surface area (Å²) >= 11 is 0. The van der Waals surface area contributed by atoms with Crippen molar-refractivity contribution in [3.05, 3.63) is 48.0 Å². The highest BCUT2D eigenvalue weighted by Gasteiger charge is 2.19. The molecule has 0 saturated carbocycles. The molecule has 0 atom stereocenters. The fraction of sp³-hybridized carbons (Fsp3) is 0.381. The van der Waals surface area contributed by atoms with Gasteiger partial charge in [0.05, 0.1) is 18.1 Å². The number of fused-ring (bicyclic) bond motifs is 1. The van der Waals surface area contributed by atoms with Gasteiger partial charge in [-0.25, -0.2) is 8.42 Å². The van der Waals surface area contributed by atoms with Crippen LogP contribution in [0.3, 0.4) is 0 Å². The van der Waals surface area contributed by atoms with Crippen molar-refractivity contribution in [3.63, 3.8) is 0 Å². The van der Waals surface area contributed by atoms with Gasteiger partial charge < -0.3 is 14.8 Å². The summed E-state index contributed by atoms with van der Waals surface area (Å²) in [5.41, 5.74) is 0.853. The number of anilines is 1. The maximum atomic E-state index is 12.7. The van der Waals surface area contributed by atoms with Crippen LogP contribution in [0, 0.1) is 0 Å². The average molecular weight is 419 g/mol. The number of amides is 1. The second-order valence-electron chi connectivity index (χ2n) is 6.83. The predicted octanol–water partition coefficient (Wildman–Crippen LogP) is 3.57. The van der Waals surface area contributed by atoms with Gasteiger partial charge >= 0.3 is 0 Å². The predicted molar refractivity (Wildman–Crippen MR) is 111 cm³/mol. The standard InChI is InChI=1S/C21H26N2O5S/c1-3-16(4-2)22-21(24)15-6-8-17(9-7-15)23-29(25,26)18-10-11-19-20(14-18)28-13-5-12-27-19/h6-11,14,16,23H,3-5,12-13H2,1-2H3,(H,22,24). The highest BCUT2D eigenvalue weighted by molar-refractivity contribution is 7.92. The molecule has 29 heavy (non-hydrogen) atoms. The Morgan fingerprint density at radius 3 is 2.31 bits per heavy atom. The molecule has 0 spiro atoms. The summed E-state index contributed by atoms with van der Waals surface area (Å²) in [5, 5.41) is 2.96. The minimum Gasteiger partial charge on any atom is -0.490 e. The van der Waals surface area contributed by atoms with Crippen LogP contribution in [0.25, 0.3) is 0 Å². The molecule has 8 heteroatoms. The lowest BCUT2D eigenvalue weighted by Gasteiger charge is -2.15. The van der Waals surface area contributed by atoms with E-state index < -0.39 is 10.0 Å². The first-order valence-corrected chi connectivity index (χ1v) is 11.2. The molecule has 1 heterocycles. The van der Waals surface area contributed by atoms with E-state index >= 15 is 0 Å². The van der Waals surface area contributed by atoms with Crippen LogP contribution in [0.4, 0.5) is 5.69 Å². The van der Waals surface area contributed by atoms with Crippen molar-refractivity contribution < 1.29 is 22.7 Å². The Morgan fingerprint density at radius 2 is 1.66 bits per heavy atom. The van der Waals surface area contributed by atoms with Crippen LogP contribution in [0.1, 0.15) is 43.5 Å². The fourth-order valence-corrected chi connectivity index (χ4v) is 4.05. The summed E-state index contributed by atoms with van der Waals surface area (Å²) in [5.74, 6) is 0.782. The van der Waals surface area contributed by atoms with Gasteiger partial charge in [-0.2, -0.15) is 0 Å². The molecule has 0 radical (unpaired) electrons. The Labute approximate surface area is 171 Å². The molecule has 1 aliphatic heterocycles. The van der Waals surface area contributed by atoms with Gasteiger partial charge in [-0.3, -0.25) is 9.52 Å². The molecule has 0 unspecified atom stereocenters. The highest BCUT2D eigenvalue weighted by Crippen LogP contribution is 2.32. The summed E-state index contributed by atoms with van der Waals surface area (Å²) in [6.07, 6.45) is 2.46. The van der Waals surface area contributed by atoms with E-state index in [1.165, 1.54) is 12.1 Å². The van der Waals surface area contributed by atoms with E-state index in [0.29, 0.717) is 36.0 Å². The van der Waals surface area contributed by atoms with Gasteiger partial charge in [0.2, 0.25) is 0 Å². The number of carbonyl (C=O) groups is 1. The highest BCUT2D eigenvalue weighted by atomic mass is 32.2. The summed E-state index contributed by atoms with van der Waals surface area (Å²) in [6.45, 7) is 5.05. The van der Waals surface area contributed by atoms with Crippen LogP contribution < -0.4 is 19.5 Å². The zero-order chi connectivity index (χ0) is 20.9. The normalized spacial score (nSPS) is 13.6. The number of hydrogen-bond donors (Lipinski definition) is 2. The van der Waals surface area contributed by atoms with Crippen LogP contribution in [0.15, 0.2) is 47.4 Å². The molecule has 0 bridgehead atoms. The van der Waals surface area contributed by atoms with E-state index in [0.717, 1.165) is 19.3 Å². The van der Waals surface area contributed by atoms with Gasteiger partial charge in [0.1, 0.15) is 0 Å². The number of hydrogen-bond acceptors (Lipinski definition) is 5. The van der Waals surface area contributed by atoms with Crippen LogP contribution >= 0.6 is 0 Å². The molecule has 7 nitrogen and oxygen atoms in total. The van der Waals surface area contributed by atoms with Gasteiger partial charge in [0.15, 0.2) is 11.5 Å². The second-order valence-corrected chi connectivity index (χ2v) is 8.51. The summed E-state index contributed by atoms with van der Waals surface area (Å²) in [4.78, 5) is 12.4. The molecule has 1 amide bonds. The first kappa shape index (κ1) is 21.0. The van der Waals surface area contributed by atoms with E-state index in [2.05, 4.69) is 10.0 Å². The van der Waals surface area contributed by atoms with Gasteiger partial charge in [0, 0.05) is 29.8 Å². The van der Waals surface area contributed by atoms with Crippen LogP contribution in [-0.4, -0.2) is 33.6 Å². The van der Waals surface area contributed by atoms with Crippen molar-refractivity contribution in [1.29, 1.82) is 0 Å². The lowest BCUT2D eigenvalue weighted by molar-refractivity contribution is 0.0935. The first-order chi connectivity index (χ1) is 13.9. The van der Waals surface area contributed by atoms with Crippen molar-refractivity contribution >= 4 is 21.6 Å². The van der Waals surface area contributed by atoms with Gasteiger partial charge in [0.25, 0.3) is 15.9 Å². The number of benzene rings is 2. The van der Waals surface area contributed by atoms with E-state index in [-0.39, 0.29) is 16.8 Å². The van der Waals surface area contributed by atoms with Crippen molar-refractivity contribution in [3.8, 4) is 11.5 Å². The molecule has 2 aromatic rings. The van der Waals surface area contributed by atoms with E-state index in [1.54, 1.807) is 30.3 Å². The van der Waals surface area contributed by atoms with E-state index in [4.69, 9.17) is 9.47 Å². The SMILES string of the molecule is CCC(CC)NC(=O)c1ccc(NS(=O)(=O)c2ccc3c(c2)OCCCO3)cc1. The summed E-state index contributed by atoms with van der Waals surface area (Å²) in [6, 6.07) is 11.0. The molecule has 0 saturated heterocycles. The smallest absolute Gasteiger partial charge is 0.262 e. The van der Waals surface area contributed by atoms with Crippen LogP contribution in [0.5, 0.6) is 11.5 Å². The Hall–Kier alpha value is -2.74. The molecule has 3 rings (SSSR count). The summed E-state index contributed by atoms with van der Waals surface area (Å²) < 4.78 is 39.1. The number of rotatable bonds is 7. The van der Waals surface area contributed by atoms with Crippen LogP contribution in [-0.2, 0) is 10.0 Å². The van der Waals surface area contributed by atoms with Crippen molar-refractivity contribution in [2.45, 2.75) is 44.0 Å². The molecular formula is C21H26N2O5S. The summed E-state index contributed by atoms with van der Waals surface area (Å²) in [7, 11) is -3.80. The van der Waals surface area contributed by atoms with Crippen molar-refractivity contribution in [2.75, 3.05) is 17.9 Å². The van der Waals surface area contributed by atoms with E-state index in [1.807, 2.05) is 13.8 Å². The molecular weight excluding hydrogens is 392 g/mol. The number of carbonyl (C=O) groups excluding carboxylic acids is 1. The maximum Gasteiger partial charge on any atom is 0.262 e. The second kappa shape index (κ2) is 9.17. The van der Waals surface area contributed by atoms with Crippen molar-refractivity contribution in [2.24, 2.45) is 0 Å². The van der Waals surface area contributed by atoms with E-state index in [9.17, 15) is 13.2 Å². The molecule has 0 aliphatic carbocycles. The third-order valence-electron chi connectivity index (χ3n) is 4.75. The van der Waals surface area contributed by atoms with Crippen molar-refractivity contribution in [1.82, 2.24) is 5.32 Å². The molecule has 0 fully saturated rings. The molecule has 2 N–H and O–H groups in total. The lowest BCUT2D eigenvalue weighted by atomic mass is 10.1. The molecule has 0 aromatic heterocycles. The monoisotopic (exact) mass is 418 g/mol. The van der Waals surface area contributed by atoms with Gasteiger partial charge in [-0.1, -0.05) is 13.8 Å². The third kappa shape index (κ3) is 5.20. The zero-order valence-corrected chi connectivity index (χ0v) is 17.4. The molecule has 2 aromatic carbocycles. The number of ether oxygens (including phenoxy) is 2. The van der Waals surface area contributed by atoms with Gasteiger partial charge in [-0.15, -0.1) is 0 Å². The number of sulfonamides is 1. The average Bonchev–Trinajstić information content (AvgIpc) is 2.97. The molecule has 156 valence electrons. The quantitative estimate of drug-likeness (QED) is 0.717. The lowest BCUT2D eigenvalue weighted by Crippen LogP contribution is -2.33. The third-order valence-corrected chi connectivity index (χ3v) is 6.13.